The lowest BCUT2D eigenvalue weighted by atomic mass is 9.95. The fourth-order valence-corrected chi connectivity index (χ4v) is 5.47. The van der Waals surface area contributed by atoms with E-state index in [2.05, 4.69) is 51.8 Å². The van der Waals surface area contributed by atoms with Crippen molar-refractivity contribution in [3.63, 3.8) is 0 Å². The topological polar surface area (TPSA) is 80.5 Å². The summed E-state index contributed by atoms with van der Waals surface area (Å²) in [5, 5.41) is 7.56. The van der Waals surface area contributed by atoms with Crippen LogP contribution in [0, 0.1) is 5.92 Å². The zero-order valence-electron chi connectivity index (χ0n) is 21.6. The Hall–Kier alpha value is -3.03. The fourth-order valence-electron chi connectivity index (χ4n) is 5.47. The Morgan fingerprint density at radius 3 is 2.41 bits per heavy atom. The highest BCUT2D eigenvalue weighted by Crippen LogP contribution is 2.28. The number of hydrogen-bond acceptors (Lipinski definition) is 6. The van der Waals surface area contributed by atoms with Crippen LogP contribution in [0.4, 0.5) is 0 Å². The first kappa shape index (κ1) is 25.6. The molecular weight excluding hydrogens is 464 g/mol. The number of nitrogens with one attached hydrogen (secondary N) is 1. The highest BCUT2D eigenvalue weighted by molar-refractivity contribution is 5.76. The quantitative estimate of drug-likeness (QED) is 0.425. The van der Waals surface area contributed by atoms with Crippen LogP contribution in [0.15, 0.2) is 65.2 Å². The third-order valence-electron chi connectivity index (χ3n) is 7.71. The predicted octanol–water partition coefficient (Wildman–Crippen LogP) is 4.90. The van der Waals surface area contributed by atoms with Gasteiger partial charge in [-0.25, -0.2) is 0 Å². The molecule has 7 heteroatoms. The second kappa shape index (κ2) is 13.0. The summed E-state index contributed by atoms with van der Waals surface area (Å²) in [6.07, 6.45) is 6.17. The van der Waals surface area contributed by atoms with E-state index in [9.17, 15) is 4.79 Å². The van der Waals surface area contributed by atoms with Gasteiger partial charge in [0.2, 0.25) is 11.8 Å². The SMILES string of the molecule is O=C(CC1CCOCC1)N[C@@H](CCN1CCC(c2nc(Cc3ccccc3)no2)CC1)c1ccccc1. The minimum atomic E-state index is 0.0303. The summed E-state index contributed by atoms with van der Waals surface area (Å²) in [6, 6.07) is 20.7. The summed E-state index contributed by atoms with van der Waals surface area (Å²) < 4.78 is 11.1. The number of hydrogen-bond donors (Lipinski definition) is 1. The van der Waals surface area contributed by atoms with Gasteiger partial charge in [-0.15, -0.1) is 0 Å². The van der Waals surface area contributed by atoms with Gasteiger partial charge in [0.25, 0.3) is 0 Å². The zero-order chi connectivity index (χ0) is 25.3. The van der Waals surface area contributed by atoms with E-state index in [1.807, 2.05) is 24.3 Å². The lowest BCUT2D eigenvalue weighted by Gasteiger charge is -2.32. The molecule has 0 spiro atoms. The second-order valence-electron chi connectivity index (χ2n) is 10.4. The normalized spacial score (nSPS) is 18.5. The smallest absolute Gasteiger partial charge is 0.229 e. The molecule has 37 heavy (non-hydrogen) atoms. The number of benzene rings is 2. The van der Waals surface area contributed by atoms with E-state index >= 15 is 0 Å². The van der Waals surface area contributed by atoms with Crippen molar-refractivity contribution in [2.24, 2.45) is 5.92 Å². The molecule has 196 valence electrons. The van der Waals surface area contributed by atoms with Gasteiger partial charge in [-0.05, 0) is 62.2 Å². The van der Waals surface area contributed by atoms with Gasteiger partial charge < -0.3 is 19.5 Å². The summed E-state index contributed by atoms with van der Waals surface area (Å²) in [6.45, 7) is 4.49. The molecule has 1 N–H and O–H groups in total. The van der Waals surface area contributed by atoms with Crippen molar-refractivity contribution >= 4 is 5.91 Å². The molecule has 0 saturated carbocycles. The van der Waals surface area contributed by atoms with Crippen LogP contribution >= 0.6 is 0 Å². The molecule has 0 aliphatic carbocycles. The number of nitrogens with zero attached hydrogens (tertiary/aromatic N) is 3. The molecule has 0 bridgehead atoms. The average molecular weight is 503 g/mol. The second-order valence-corrected chi connectivity index (χ2v) is 10.4. The molecule has 2 fully saturated rings. The van der Waals surface area contributed by atoms with Crippen LogP contribution in [-0.4, -0.2) is 53.8 Å². The number of likely N-dealkylation sites (tertiary alicyclic amines) is 1. The maximum Gasteiger partial charge on any atom is 0.229 e. The summed E-state index contributed by atoms with van der Waals surface area (Å²) in [7, 11) is 0. The summed E-state index contributed by atoms with van der Waals surface area (Å²) in [5.74, 6) is 2.43. The van der Waals surface area contributed by atoms with Gasteiger partial charge in [-0.3, -0.25) is 4.79 Å². The molecule has 1 atom stereocenters. The maximum atomic E-state index is 12.9. The first-order chi connectivity index (χ1) is 18.2. The van der Waals surface area contributed by atoms with Crippen LogP contribution < -0.4 is 5.32 Å². The Bertz CT molecular complexity index is 1090. The standard InChI is InChI=1S/C30H38N4O3/c35-29(22-24-14-19-36-20-15-24)31-27(25-9-5-2-6-10-25)13-18-34-16-11-26(12-17-34)30-32-28(33-37-30)21-23-7-3-1-4-8-23/h1-10,24,26-27H,11-22H2,(H,31,35)/t27-/m0/s1. The van der Waals surface area contributed by atoms with Gasteiger partial charge in [0, 0.05) is 38.5 Å². The van der Waals surface area contributed by atoms with Gasteiger partial charge in [-0.2, -0.15) is 4.98 Å². The zero-order valence-corrected chi connectivity index (χ0v) is 21.6. The van der Waals surface area contributed by atoms with E-state index in [-0.39, 0.29) is 11.9 Å². The van der Waals surface area contributed by atoms with Crippen LogP contribution in [0.3, 0.4) is 0 Å². The van der Waals surface area contributed by atoms with Gasteiger partial charge in [0.05, 0.1) is 6.04 Å². The van der Waals surface area contributed by atoms with E-state index < -0.39 is 0 Å². The van der Waals surface area contributed by atoms with Crippen molar-refractivity contribution in [3.05, 3.63) is 83.5 Å². The van der Waals surface area contributed by atoms with Gasteiger partial charge in [0.15, 0.2) is 5.82 Å². The molecule has 2 saturated heterocycles. The lowest BCUT2D eigenvalue weighted by Crippen LogP contribution is -2.37. The Morgan fingerprint density at radius 1 is 0.973 bits per heavy atom. The van der Waals surface area contributed by atoms with Gasteiger partial charge in [-0.1, -0.05) is 65.8 Å². The number of amides is 1. The van der Waals surface area contributed by atoms with E-state index in [1.54, 1.807) is 0 Å². The largest absolute Gasteiger partial charge is 0.381 e. The Morgan fingerprint density at radius 2 is 1.68 bits per heavy atom. The highest BCUT2D eigenvalue weighted by atomic mass is 16.5. The Kier molecular flexibility index (Phi) is 8.98. The summed E-state index contributed by atoms with van der Waals surface area (Å²) in [5.41, 5.74) is 2.37. The van der Waals surface area contributed by atoms with Crippen LogP contribution in [0.1, 0.15) is 73.3 Å². The molecule has 2 aliphatic heterocycles. The molecule has 2 aromatic carbocycles. The number of carbonyl (C=O) groups is 1. The summed E-state index contributed by atoms with van der Waals surface area (Å²) >= 11 is 0. The minimum absolute atomic E-state index is 0.0303. The first-order valence-corrected chi connectivity index (χ1v) is 13.7. The van der Waals surface area contributed by atoms with Crippen LogP contribution in [-0.2, 0) is 16.0 Å². The summed E-state index contributed by atoms with van der Waals surface area (Å²) in [4.78, 5) is 20.1. The molecule has 1 aromatic heterocycles. The van der Waals surface area contributed by atoms with Crippen molar-refractivity contribution in [1.82, 2.24) is 20.4 Å². The molecule has 3 heterocycles. The van der Waals surface area contributed by atoms with Crippen LogP contribution in [0.5, 0.6) is 0 Å². The number of aromatic nitrogens is 2. The van der Waals surface area contributed by atoms with Crippen LogP contribution in [0.2, 0.25) is 0 Å². The molecule has 5 rings (SSSR count). The molecular formula is C30H38N4O3. The molecule has 2 aliphatic rings. The third kappa shape index (κ3) is 7.49. The maximum absolute atomic E-state index is 12.9. The monoisotopic (exact) mass is 502 g/mol. The molecule has 1 amide bonds. The van der Waals surface area contributed by atoms with Crippen molar-refractivity contribution in [3.8, 4) is 0 Å². The van der Waals surface area contributed by atoms with Crippen LogP contribution in [0.25, 0.3) is 0 Å². The van der Waals surface area contributed by atoms with Crippen molar-refractivity contribution in [2.75, 3.05) is 32.8 Å². The molecule has 0 unspecified atom stereocenters. The van der Waals surface area contributed by atoms with Crippen molar-refractivity contribution < 1.29 is 14.1 Å². The number of piperidine rings is 1. The van der Waals surface area contributed by atoms with Gasteiger partial charge in [0.1, 0.15) is 0 Å². The van der Waals surface area contributed by atoms with E-state index in [4.69, 9.17) is 14.2 Å². The third-order valence-corrected chi connectivity index (χ3v) is 7.71. The Balaban J connectivity index is 1.11. The van der Waals surface area contributed by atoms with Crippen molar-refractivity contribution in [2.45, 2.75) is 56.9 Å². The molecule has 0 radical (unpaired) electrons. The lowest BCUT2D eigenvalue weighted by molar-refractivity contribution is -0.123. The number of rotatable bonds is 10. The molecule has 3 aromatic rings. The van der Waals surface area contributed by atoms with E-state index in [0.717, 1.165) is 76.7 Å². The van der Waals surface area contributed by atoms with Crippen molar-refractivity contribution in [1.29, 1.82) is 0 Å². The first-order valence-electron chi connectivity index (χ1n) is 13.7. The Labute approximate surface area is 219 Å². The number of carbonyl (C=O) groups excluding carboxylic acids is 1. The van der Waals surface area contributed by atoms with Gasteiger partial charge >= 0.3 is 0 Å². The predicted molar refractivity (Wildman–Crippen MR) is 142 cm³/mol. The minimum Gasteiger partial charge on any atom is -0.381 e. The van der Waals surface area contributed by atoms with E-state index in [1.165, 1.54) is 11.1 Å². The average Bonchev–Trinajstić information content (AvgIpc) is 3.41. The fraction of sp³-hybridized carbons (Fsp3) is 0.500. The molecule has 7 nitrogen and oxygen atoms in total. The highest BCUT2D eigenvalue weighted by Gasteiger charge is 2.26. The van der Waals surface area contributed by atoms with E-state index in [0.29, 0.717) is 24.7 Å². The number of ether oxygens (including phenoxy) is 1.